The normalized spacial score (nSPS) is 17.9. The first-order chi connectivity index (χ1) is 10.8. The van der Waals surface area contributed by atoms with Gasteiger partial charge in [0.05, 0.1) is 13.4 Å². The van der Waals surface area contributed by atoms with Crippen molar-refractivity contribution < 1.29 is 9.15 Å². The van der Waals surface area contributed by atoms with E-state index in [1.54, 1.807) is 13.4 Å². The fourth-order valence-corrected chi connectivity index (χ4v) is 3.75. The van der Waals surface area contributed by atoms with Crippen molar-refractivity contribution >= 4 is 12.4 Å². The lowest BCUT2D eigenvalue weighted by atomic mass is 9.74. The molecule has 0 saturated heterocycles. The Kier molecular flexibility index (Phi) is 6.55. The summed E-state index contributed by atoms with van der Waals surface area (Å²) in [6, 6.07) is 10.6. The molecule has 0 radical (unpaired) electrons. The number of aryl methyl sites for hydroxylation is 1. The molecule has 0 aliphatic heterocycles. The smallest absolute Gasteiger partial charge is 0.119 e. The number of hydrogen-bond donors (Lipinski definition) is 1. The summed E-state index contributed by atoms with van der Waals surface area (Å²) in [7, 11) is 3.77. The third-order valence-corrected chi connectivity index (χ3v) is 4.79. The fourth-order valence-electron chi connectivity index (χ4n) is 3.75. The fraction of sp³-hybridized carbons (Fsp3) is 0.474. The van der Waals surface area contributed by atoms with Crippen molar-refractivity contribution in [2.45, 2.75) is 31.6 Å². The van der Waals surface area contributed by atoms with E-state index in [-0.39, 0.29) is 12.4 Å². The van der Waals surface area contributed by atoms with Crippen LogP contribution in [0.15, 0.2) is 41.0 Å². The van der Waals surface area contributed by atoms with E-state index in [1.807, 2.05) is 13.1 Å². The van der Waals surface area contributed by atoms with E-state index in [9.17, 15) is 0 Å². The summed E-state index contributed by atoms with van der Waals surface area (Å²) in [6.07, 6.45) is 6.43. The van der Waals surface area contributed by atoms with Crippen LogP contribution in [0.5, 0.6) is 5.75 Å². The van der Waals surface area contributed by atoms with Crippen molar-refractivity contribution in [3.05, 3.63) is 53.5 Å². The Balaban J connectivity index is 0.00000192. The molecule has 23 heavy (non-hydrogen) atoms. The van der Waals surface area contributed by atoms with Crippen molar-refractivity contribution in [3.63, 3.8) is 0 Å². The van der Waals surface area contributed by atoms with E-state index in [4.69, 9.17) is 9.15 Å². The molecule has 1 aliphatic carbocycles. The molecule has 0 amide bonds. The minimum absolute atomic E-state index is 0. The molecule has 4 heteroatoms. The first-order valence-corrected chi connectivity index (χ1v) is 8.15. The number of furan rings is 1. The molecule has 1 aromatic heterocycles. The van der Waals surface area contributed by atoms with E-state index in [2.05, 4.69) is 29.6 Å². The average molecular weight is 336 g/mol. The first kappa shape index (κ1) is 17.9. The topological polar surface area (TPSA) is 34.4 Å². The lowest BCUT2D eigenvalue weighted by Crippen LogP contribution is -2.28. The van der Waals surface area contributed by atoms with Crippen LogP contribution in [0.25, 0.3) is 0 Å². The van der Waals surface area contributed by atoms with Gasteiger partial charge in [0.25, 0.3) is 0 Å². The largest absolute Gasteiger partial charge is 0.497 e. The minimum atomic E-state index is 0. The second-order valence-corrected chi connectivity index (χ2v) is 6.16. The summed E-state index contributed by atoms with van der Waals surface area (Å²) in [5.74, 6) is 3.20. The Morgan fingerprint density at radius 3 is 2.91 bits per heavy atom. The third-order valence-electron chi connectivity index (χ3n) is 4.79. The number of ether oxygens (including phenoxy) is 1. The monoisotopic (exact) mass is 335 g/mol. The number of benzene rings is 1. The van der Waals surface area contributed by atoms with Crippen LogP contribution >= 0.6 is 12.4 Å². The Morgan fingerprint density at radius 2 is 2.22 bits per heavy atom. The van der Waals surface area contributed by atoms with Gasteiger partial charge in [0.1, 0.15) is 11.5 Å². The van der Waals surface area contributed by atoms with Gasteiger partial charge in [-0.3, -0.25) is 0 Å². The highest BCUT2D eigenvalue weighted by atomic mass is 35.5. The second-order valence-electron chi connectivity index (χ2n) is 6.16. The quantitative estimate of drug-likeness (QED) is 0.858. The minimum Gasteiger partial charge on any atom is -0.497 e. The molecule has 3 rings (SSSR count). The standard InChI is InChI=1S/C19H25NO2.ClH/c1-20-13-15(12-17-6-4-10-22-17)18-7-3-5-14-11-16(21-2)8-9-19(14)18;/h4,6,8-11,15,18,20H,3,5,7,12-13H2,1-2H3;1H. The molecular formula is C19H26ClNO2. The van der Waals surface area contributed by atoms with Crippen molar-refractivity contribution in [3.8, 4) is 5.75 Å². The zero-order valence-electron chi connectivity index (χ0n) is 13.9. The number of hydrogen-bond acceptors (Lipinski definition) is 3. The predicted octanol–water partition coefficient (Wildman–Crippen LogP) is 4.21. The molecule has 2 aromatic rings. The van der Waals surface area contributed by atoms with Crippen LogP contribution < -0.4 is 10.1 Å². The van der Waals surface area contributed by atoms with Gasteiger partial charge < -0.3 is 14.5 Å². The number of halogens is 1. The molecule has 0 spiro atoms. The van der Waals surface area contributed by atoms with E-state index in [1.165, 1.54) is 24.0 Å². The first-order valence-electron chi connectivity index (χ1n) is 8.15. The molecule has 0 fully saturated rings. The predicted molar refractivity (Wildman–Crippen MR) is 95.7 cm³/mol. The number of fused-ring (bicyclic) bond motifs is 1. The molecule has 1 aliphatic rings. The van der Waals surface area contributed by atoms with Gasteiger partial charge in [0.15, 0.2) is 0 Å². The molecule has 126 valence electrons. The zero-order chi connectivity index (χ0) is 15.4. The molecule has 1 N–H and O–H groups in total. The molecule has 0 saturated carbocycles. The second kappa shape index (κ2) is 8.42. The van der Waals surface area contributed by atoms with Crippen LogP contribution in [0.3, 0.4) is 0 Å². The van der Waals surface area contributed by atoms with Crippen molar-refractivity contribution in [2.75, 3.05) is 20.7 Å². The lowest BCUT2D eigenvalue weighted by molar-refractivity contribution is 0.340. The summed E-state index contributed by atoms with van der Waals surface area (Å²) in [5.41, 5.74) is 2.95. The maximum atomic E-state index is 5.58. The molecular weight excluding hydrogens is 310 g/mol. The summed E-state index contributed by atoms with van der Waals surface area (Å²) < 4.78 is 11.0. The average Bonchev–Trinajstić information content (AvgIpc) is 3.06. The van der Waals surface area contributed by atoms with Crippen LogP contribution in [-0.4, -0.2) is 20.7 Å². The maximum absolute atomic E-state index is 5.58. The zero-order valence-corrected chi connectivity index (χ0v) is 14.7. The van der Waals surface area contributed by atoms with Crippen LogP contribution in [0.1, 0.15) is 35.6 Å². The molecule has 1 aromatic carbocycles. The molecule has 1 heterocycles. The van der Waals surface area contributed by atoms with E-state index < -0.39 is 0 Å². The van der Waals surface area contributed by atoms with Gasteiger partial charge in [0, 0.05) is 6.42 Å². The van der Waals surface area contributed by atoms with Crippen LogP contribution in [0, 0.1) is 5.92 Å². The highest BCUT2D eigenvalue weighted by Crippen LogP contribution is 2.39. The van der Waals surface area contributed by atoms with E-state index >= 15 is 0 Å². The Morgan fingerprint density at radius 1 is 1.35 bits per heavy atom. The van der Waals surface area contributed by atoms with Crippen LogP contribution in [0.4, 0.5) is 0 Å². The van der Waals surface area contributed by atoms with Gasteiger partial charge in [-0.15, -0.1) is 12.4 Å². The Bertz CT molecular complexity index is 597. The van der Waals surface area contributed by atoms with Gasteiger partial charge in [0.2, 0.25) is 0 Å². The van der Waals surface area contributed by atoms with Crippen LogP contribution in [0.2, 0.25) is 0 Å². The Labute approximate surface area is 144 Å². The van der Waals surface area contributed by atoms with Gasteiger partial charge in [-0.1, -0.05) is 6.07 Å². The number of rotatable bonds is 6. The molecule has 0 bridgehead atoms. The summed E-state index contributed by atoms with van der Waals surface area (Å²) >= 11 is 0. The molecule has 3 nitrogen and oxygen atoms in total. The van der Waals surface area contributed by atoms with Crippen LogP contribution in [-0.2, 0) is 12.8 Å². The van der Waals surface area contributed by atoms with Gasteiger partial charge in [-0.05, 0) is 80.1 Å². The third kappa shape index (κ3) is 4.10. The highest BCUT2D eigenvalue weighted by molar-refractivity contribution is 5.85. The van der Waals surface area contributed by atoms with Crippen molar-refractivity contribution in [1.29, 1.82) is 0 Å². The van der Waals surface area contributed by atoms with Crippen molar-refractivity contribution in [2.24, 2.45) is 5.92 Å². The Hall–Kier alpha value is -1.45. The van der Waals surface area contributed by atoms with E-state index in [0.29, 0.717) is 11.8 Å². The van der Waals surface area contributed by atoms with E-state index in [0.717, 1.165) is 30.9 Å². The molecule has 2 atom stereocenters. The highest BCUT2D eigenvalue weighted by Gasteiger charge is 2.28. The number of nitrogens with one attached hydrogen (secondary N) is 1. The molecule has 2 unspecified atom stereocenters. The SMILES string of the molecule is CNCC(Cc1ccco1)C1CCCc2cc(OC)ccc21.Cl. The van der Waals surface area contributed by atoms with Gasteiger partial charge in [-0.2, -0.15) is 0 Å². The van der Waals surface area contributed by atoms with Gasteiger partial charge >= 0.3 is 0 Å². The maximum Gasteiger partial charge on any atom is 0.119 e. The summed E-state index contributed by atoms with van der Waals surface area (Å²) in [4.78, 5) is 0. The number of methoxy groups -OCH3 is 1. The summed E-state index contributed by atoms with van der Waals surface area (Å²) in [6.45, 7) is 1.01. The lowest BCUT2D eigenvalue weighted by Gasteiger charge is -2.32. The van der Waals surface area contributed by atoms with Crippen molar-refractivity contribution in [1.82, 2.24) is 5.32 Å². The van der Waals surface area contributed by atoms with Gasteiger partial charge in [-0.25, -0.2) is 0 Å². The summed E-state index contributed by atoms with van der Waals surface area (Å²) in [5, 5.41) is 3.36.